The summed E-state index contributed by atoms with van der Waals surface area (Å²) in [5.41, 5.74) is -0.586. The largest absolute Gasteiger partial charge is 0.463 e. The summed E-state index contributed by atoms with van der Waals surface area (Å²) in [6, 6.07) is 3.46. The van der Waals surface area contributed by atoms with Crippen molar-refractivity contribution in [2.75, 3.05) is 0 Å². The number of pyridine rings is 1. The second kappa shape index (κ2) is 6.76. The highest BCUT2D eigenvalue weighted by molar-refractivity contribution is 9.10. The first-order chi connectivity index (χ1) is 9.67. The standard InChI is InChI=1S/C14H18BrN3O3/c1-9(2)6-14(3,4)18(13(19)20)21-12-10(7-16)5-11(15)8-17-12/h5,8-9H,6H2,1-4H3,(H,19,20). The number of aromatic nitrogens is 1. The van der Waals surface area contributed by atoms with Crippen LogP contribution in [0.1, 0.15) is 39.7 Å². The van der Waals surface area contributed by atoms with Gasteiger partial charge in [-0.05, 0) is 48.2 Å². The lowest BCUT2D eigenvalue weighted by atomic mass is 9.92. The minimum atomic E-state index is -1.23. The fourth-order valence-corrected chi connectivity index (χ4v) is 2.50. The van der Waals surface area contributed by atoms with Gasteiger partial charge in [0.1, 0.15) is 11.6 Å². The molecule has 0 spiro atoms. The van der Waals surface area contributed by atoms with Crippen molar-refractivity contribution >= 4 is 22.0 Å². The Hall–Kier alpha value is -1.81. The third-order valence-corrected chi connectivity index (χ3v) is 3.18. The van der Waals surface area contributed by atoms with Crippen LogP contribution in [0.15, 0.2) is 16.7 Å². The van der Waals surface area contributed by atoms with Crippen molar-refractivity contribution < 1.29 is 14.7 Å². The maximum atomic E-state index is 11.5. The summed E-state index contributed by atoms with van der Waals surface area (Å²) in [6.07, 6.45) is 0.831. The van der Waals surface area contributed by atoms with E-state index < -0.39 is 11.6 Å². The maximum absolute atomic E-state index is 11.5. The van der Waals surface area contributed by atoms with E-state index in [9.17, 15) is 9.90 Å². The van der Waals surface area contributed by atoms with Crippen LogP contribution in [-0.4, -0.2) is 26.8 Å². The van der Waals surface area contributed by atoms with Gasteiger partial charge in [-0.2, -0.15) is 5.26 Å². The molecule has 0 saturated heterocycles. The molecule has 1 amide bonds. The highest BCUT2D eigenvalue weighted by Gasteiger charge is 2.35. The Morgan fingerprint density at radius 2 is 2.24 bits per heavy atom. The van der Waals surface area contributed by atoms with E-state index >= 15 is 0 Å². The van der Waals surface area contributed by atoms with Crippen LogP contribution in [0, 0.1) is 17.2 Å². The molecule has 0 unspecified atom stereocenters. The van der Waals surface area contributed by atoms with Crippen LogP contribution >= 0.6 is 15.9 Å². The zero-order valence-electron chi connectivity index (χ0n) is 12.4. The Balaban J connectivity index is 3.10. The van der Waals surface area contributed by atoms with Crippen LogP contribution < -0.4 is 4.84 Å². The molecule has 1 N–H and O–H groups in total. The van der Waals surface area contributed by atoms with Gasteiger partial charge in [-0.1, -0.05) is 13.8 Å². The minimum absolute atomic E-state index is 0.0278. The molecule has 1 aromatic rings. The number of hydroxylamine groups is 2. The SMILES string of the molecule is CC(C)CC(C)(C)N(Oc1ncc(Br)cc1C#N)C(=O)O. The Labute approximate surface area is 132 Å². The predicted octanol–water partition coefficient (Wildman–Crippen LogP) is 3.81. The second-order valence-corrected chi connectivity index (χ2v) is 6.61. The van der Waals surface area contributed by atoms with E-state index in [0.29, 0.717) is 16.8 Å². The summed E-state index contributed by atoms with van der Waals surface area (Å²) in [6.45, 7) is 7.54. The summed E-state index contributed by atoms with van der Waals surface area (Å²) in [5, 5.41) is 19.3. The van der Waals surface area contributed by atoms with Crippen molar-refractivity contribution in [3.63, 3.8) is 0 Å². The van der Waals surface area contributed by atoms with Crippen molar-refractivity contribution in [3.05, 3.63) is 22.3 Å². The first-order valence-electron chi connectivity index (χ1n) is 6.44. The Morgan fingerprint density at radius 1 is 1.62 bits per heavy atom. The lowest BCUT2D eigenvalue weighted by molar-refractivity contribution is -0.112. The molecule has 114 valence electrons. The zero-order valence-corrected chi connectivity index (χ0v) is 14.0. The van der Waals surface area contributed by atoms with Gasteiger partial charge in [0.15, 0.2) is 0 Å². The average Bonchev–Trinajstić information content (AvgIpc) is 2.34. The van der Waals surface area contributed by atoms with E-state index in [1.807, 2.05) is 19.9 Å². The molecule has 0 fully saturated rings. The Bertz CT molecular complexity index is 567. The first-order valence-corrected chi connectivity index (χ1v) is 7.23. The number of carboxylic acid groups (broad SMARTS) is 1. The molecule has 7 heteroatoms. The minimum Gasteiger partial charge on any atom is -0.463 e. The summed E-state index contributed by atoms with van der Waals surface area (Å²) in [5.74, 6) is 0.263. The monoisotopic (exact) mass is 355 g/mol. The van der Waals surface area contributed by atoms with Gasteiger partial charge in [0.05, 0.1) is 5.54 Å². The highest BCUT2D eigenvalue weighted by atomic mass is 79.9. The molecule has 0 radical (unpaired) electrons. The van der Waals surface area contributed by atoms with Gasteiger partial charge in [-0.25, -0.2) is 9.78 Å². The van der Waals surface area contributed by atoms with Crippen molar-refractivity contribution in [2.45, 2.75) is 39.7 Å². The third kappa shape index (κ3) is 4.60. The number of hydrogen-bond acceptors (Lipinski definition) is 4. The Morgan fingerprint density at radius 3 is 2.71 bits per heavy atom. The number of halogens is 1. The first kappa shape index (κ1) is 17.2. The molecule has 21 heavy (non-hydrogen) atoms. The van der Waals surface area contributed by atoms with Gasteiger partial charge in [0.25, 0.3) is 5.88 Å². The fraction of sp³-hybridized carbons (Fsp3) is 0.500. The maximum Gasteiger partial charge on any atom is 0.441 e. The van der Waals surface area contributed by atoms with Crippen LogP contribution in [0.3, 0.4) is 0 Å². The lowest BCUT2D eigenvalue weighted by Crippen LogP contribution is -2.50. The number of carbonyl (C=O) groups is 1. The zero-order chi connectivity index (χ0) is 16.2. The van der Waals surface area contributed by atoms with E-state index in [2.05, 4.69) is 20.9 Å². The normalized spacial score (nSPS) is 11.1. The third-order valence-electron chi connectivity index (χ3n) is 2.75. The predicted molar refractivity (Wildman–Crippen MR) is 80.7 cm³/mol. The van der Waals surface area contributed by atoms with Gasteiger partial charge in [0, 0.05) is 10.7 Å². The number of amides is 1. The van der Waals surface area contributed by atoms with E-state index in [4.69, 9.17) is 10.1 Å². The van der Waals surface area contributed by atoms with E-state index in [-0.39, 0.29) is 11.4 Å². The highest BCUT2D eigenvalue weighted by Crippen LogP contribution is 2.27. The summed E-state index contributed by atoms with van der Waals surface area (Å²) in [7, 11) is 0. The van der Waals surface area contributed by atoms with Crippen molar-refractivity contribution in [1.29, 1.82) is 5.26 Å². The van der Waals surface area contributed by atoms with Crippen LogP contribution in [0.25, 0.3) is 0 Å². The van der Waals surface area contributed by atoms with Crippen LogP contribution in [0.5, 0.6) is 5.88 Å². The van der Waals surface area contributed by atoms with Gasteiger partial charge in [-0.15, -0.1) is 5.06 Å². The van der Waals surface area contributed by atoms with E-state index in [1.165, 1.54) is 12.3 Å². The average molecular weight is 356 g/mol. The van der Waals surface area contributed by atoms with Gasteiger partial charge < -0.3 is 9.94 Å². The van der Waals surface area contributed by atoms with Gasteiger partial charge in [-0.3, -0.25) is 0 Å². The Kier molecular flexibility index (Phi) is 5.55. The van der Waals surface area contributed by atoms with E-state index in [1.54, 1.807) is 13.8 Å². The molecule has 0 saturated carbocycles. The van der Waals surface area contributed by atoms with Crippen molar-refractivity contribution in [2.24, 2.45) is 5.92 Å². The van der Waals surface area contributed by atoms with Crippen molar-refractivity contribution in [1.82, 2.24) is 10.0 Å². The molecule has 0 atom stereocenters. The number of nitriles is 1. The molecular formula is C14H18BrN3O3. The molecule has 0 bridgehead atoms. The summed E-state index contributed by atoms with van der Waals surface area (Å²) >= 11 is 3.21. The van der Waals surface area contributed by atoms with Gasteiger partial charge >= 0.3 is 6.09 Å². The number of rotatable bonds is 5. The second-order valence-electron chi connectivity index (χ2n) is 5.70. The van der Waals surface area contributed by atoms with Crippen LogP contribution in [0.2, 0.25) is 0 Å². The topological polar surface area (TPSA) is 86.5 Å². The quantitative estimate of drug-likeness (QED) is 0.811. The molecule has 0 aliphatic carbocycles. The van der Waals surface area contributed by atoms with E-state index in [0.717, 1.165) is 5.06 Å². The van der Waals surface area contributed by atoms with Crippen LogP contribution in [-0.2, 0) is 0 Å². The molecule has 1 rings (SSSR count). The molecular weight excluding hydrogens is 338 g/mol. The fourth-order valence-electron chi connectivity index (χ4n) is 2.17. The molecule has 1 heterocycles. The van der Waals surface area contributed by atoms with Gasteiger partial charge in [0.2, 0.25) is 0 Å². The molecule has 1 aromatic heterocycles. The molecule has 0 aromatic carbocycles. The van der Waals surface area contributed by atoms with Crippen molar-refractivity contribution in [3.8, 4) is 11.9 Å². The summed E-state index contributed by atoms with van der Waals surface area (Å²) in [4.78, 5) is 20.8. The molecule has 6 nitrogen and oxygen atoms in total. The lowest BCUT2D eigenvalue weighted by Gasteiger charge is -2.35. The molecule has 0 aliphatic rings. The number of hydrogen-bond donors (Lipinski definition) is 1. The number of nitrogens with zero attached hydrogens (tertiary/aromatic N) is 3. The summed E-state index contributed by atoms with van der Waals surface area (Å²) < 4.78 is 0.620. The van der Waals surface area contributed by atoms with Crippen LogP contribution in [0.4, 0.5) is 4.79 Å². The molecule has 0 aliphatic heterocycles. The smallest absolute Gasteiger partial charge is 0.441 e.